The highest BCUT2D eigenvalue weighted by atomic mass is 16.5. The van der Waals surface area contributed by atoms with Crippen molar-refractivity contribution in [3.05, 3.63) is 36.4 Å². The van der Waals surface area contributed by atoms with E-state index >= 15 is 0 Å². The predicted molar refractivity (Wildman–Crippen MR) is 99.2 cm³/mol. The van der Waals surface area contributed by atoms with Crippen LogP contribution < -0.4 is 10.1 Å². The van der Waals surface area contributed by atoms with E-state index in [1.807, 2.05) is 48.2 Å². The molecule has 3 aromatic rings. The SMILES string of the molecule is COc1cc2c(cc1NC(C)C(=O)N1CCCC1)oc1ccccc12. The van der Waals surface area contributed by atoms with Crippen LogP contribution in [-0.2, 0) is 4.79 Å². The maximum Gasteiger partial charge on any atom is 0.244 e. The second-order valence-electron chi connectivity index (χ2n) is 6.55. The van der Waals surface area contributed by atoms with Crippen LogP contribution in [-0.4, -0.2) is 37.0 Å². The van der Waals surface area contributed by atoms with Gasteiger partial charge in [0.05, 0.1) is 12.8 Å². The Morgan fingerprint density at radius 1 is 1.16 bits per heavy atom. The number of methoxy groups -OCH3 is 1. The van der Waals surface area contributed by atoms with Crippen LogP contribution >= 0.6 is 0 Å². The average molecular weight is 338 g/mol. The topological polar surface area (TPSA) is 54.7 Å². The number of furan rings is 1. The van der Waals surface area contributed by atoms with Crippen LogP contribution in [0.3, 0.4) is 0 Å². The number of carbonyl (C=O) groups excluding carboxylic acids is 1. The van der Waals surface area contributed by atoms with Crippen LogP contribution in [0.1, 0.15) is 19.8 Å². The Kier molecular flexibility index (Phi) is 3.99. The number of fused-ring (bicyclic) bond motifs is 3. The number of carbonyl (C=O) groups is 1. The molecule has 1 N–H and O–H groups in total. The molecule has 0 spiro atoms. The summed E-state index contributed by atoms with van der Waals surface area (Å²) >= 11 is 0. The third kappa shape index (κ3) is 2.80. The second-order valence-corrected chi connectivity index (χ2v) is 6.55. The van der Waals surface area contributed by atoms with E-state index in [9.17, 15) is 4.79 Å². The summed E-state index contributed by atoms with van der Waals surface area (Å²) in [5.41, 5.74) is 2.40. The summed E-state index contributed by atoms with van der Waals surface area (Å²) in [6.07, 6.45) is 2.18. The van der Waals surface area contributed by atoms with Gasteiger partial charge in [-0.05, 0) is 31.9 Å². The van der Waals surface area contributed by atoms with Crippen LogP contribution in [0.15, 0.2) is 40.8 Å². The molecule has 2 heterocycles. The molecule has 1 aliphatic heterocycles. The van der Waals surface area contributed by atoms with E-state index in [0.29, 0.717) is 5.75 Å². The Bertz CT molecular complexity index is 925. The smallest absolute Gasteiger partial charge is 0.244 e. The summed E-state index contributed by atoms with van der Waals surface area (Å²) in [6, 6.07) is 11.5. The zero-order chi connectivity index (χ0) is 17.4. The summed E-state index contributed by atoms with van der Waals surface area (Å²) in [5.74, 6) is 0.837. The molecule has 130 valence electrons. The maximum absolute atomic E-state index is 12.6. The number of ether oxygens (including phenoxy) is 1. The molecule has 4 rings (SSSR count). The van der Waals surface area contributed by atoms with Crippen LogP contribution in [0.25, 0.3) is 21.9 Å². The van der Waals surface area contributed by atoms with Crippen molar-refractivity contribution in [1.29, 1.82) is 0 Å². The minimum Gasteiger partial charge on any atom is -0.495 e. The fourth-order valence-electron chi connectivity index (χ4n) is 3.54. The van der Waals surface area contributed by atoms with Gasteiger partial charge in [-0.15, -0.1) is 0 Å². The minimum atomic E-state index is -0.311. The van der Waals surface area contributed by atoms with E-state index in [0.717, 1.165) is 53.6 Å². The van der Waals surface area contributed by atoms with E-state index in [4.69, 9.17) is 9.15 Å². The van der Waals surface area contributed by atoms with Crippen LogP contribution in [0.5, 0.6) is 5.75 Å². The van der Waals surface area contributed by atoms with Gasteiger partial charge in [-0.1, -0.05) is 18.2 Å². The lowest BCUT2D eigenvalue weighted by molar-refractivity contribution is -0.130. The predicted octanol–water partition coefficient (Wildman–Crippen LogP) is 4.02. The molecular weight excluding hydrogens is 316 g/mol. The Morgan fingerprint density at radius 3 is 2.68 bits per heavy atom. The molecule has 1 amide bonds. The second kappa shape index (κ2) is 6.31. The number of rotatable bonds is 4. The summed E-state index contributed by atoms with van der Waals surface area (Å²) in [6.45, 7) is 3.60. The molecule has 25 heavy (non-hydrogen) atoms. The number of hydrogen-bond acceptors (Lipinski definition) is 4. The first kappa shape index (κ1) is 15.8. The molecular formula is C20H22N2O3. The van der Waals surface area contributed by atoms with Crippen molar-refractivity contribution >= 4 is 33.5 Å². The van der Waals surface area contributed by atoms with E-state index in [1.54, 1.807) is 7.11 Å². The van der Waals surface area contributed by atoms with Crippen molar-refractivity contribution in [2.24, 2.45) is 0 Å². The zero-order valence-corrected chi connectivity index (χ0v) is 14.5. The molecule has 1 unspecified atom stereocenters. The highest BCUT2D eigenvalue weighted by molar-refractivity contribution is 6.06. The number of likely N-dealkylation sites (tertiary alicyclic amines) is 1. The van der Waals surface area contributed by atoms with Gasteiger partial charge in [0.2, 0.25) is 5.91 Å². The summed E-state index contributed by atoms with van der Waals surface area (Å²) in [7, 11) is 1.64. The molecule has 1 aliphatic rings. The maximum atomic E-state index is 12.6. The van der Waals surface area contributed by atoms with Crippen molar-refractivity contribution in [2.75, 3.05) is 25.5 Å². The third-order valence-electron chi connectivity index (χ3n) is 4.86. The van der Waals surface area contributed by atoms with Gasteiger partial charge in [0.1, 0.15) is 23.0 Å². The highest BCUT2D eigenvalue weighted by Gasteiger charge is 2.24. The quantitative estimate of drug-likeness (QED) is 0.781. The summed E-state index contributed by atoms with van der Waals surface area (Å²) in [5, 5.41) is 5.37. The lowest BCUT2D eigenvalue weighted by Crippen LogP contribution is -2.39. The van der Waals surface area contributed by atoms with Gasteiger partial charge in [-0.2, -0.15) is 0 Å². The Hall–Kier alpha value is -2.69. The lowest BCUT2D eigenvalue weighted by Gasteiger charge is -2.22. The molecule has 1 saturated heterocycles. The number of benzene rings is 2. The van der Waals surface area contributed by atoms with Crippen LogP contribution in [0.4, 0.5) is 5.69 Å². The van der Waals surface area contributed by atoms with Gasteiger partial charge in [-0.3, -0.25) is 4.79 Å². The zero-order valence-electron chi connectivity index (χ0n) is 14.5. The Morgan fingerprint density at radius 2 is 1.92 bits per heavy atom. The van der Waals surface area contributed by atoms with Gasteiger partial charge in [0.15, 0.2) is 0 Å². The largest absolute Gasteiger partial charge is 0.495 e. The lowest BCUT2D eigenvalue weighted by atomic mass is 10.1. The van der Waals surface area contributed by atoms with Crippen LogP contribution in [0.2, 0.25) is 0 Å². The van der Waals surface area contributed by atoms with Crippen molar-refractivity contribution < 1.29 is 13.9 Å². The van der Waals surface area contributed by atoms with Crippen molar-refractivity contribution in [3.8, 4) is 5.75 Å². The molecule has 0 aliphatic carbocycles. The number of nitrogens with zero attached hydrogens (tertiary/aromatic N) is 1. The molecule has 1 aromatic heterocycles. The first-order valence-electron chi connectivity index (χ1n) is 8.72. The molecule has 5 heteroatoms. The van der Waals surface area contributed by atoms with Crippen LogP contribution in [0, 0.1) is 0 Å². The van der Waals surface area contributed by atoms with Gasteiger partial charge < -0.3 is 19.4 Å². The van der Waals surface area contributed by atoms with E-state index in [2.05, 4.69) is 5.32 Å². The first-order chi connectivity index (χ1) is 12.2. The summed E-state index contributed by atoms with van der Waals surface area (Å²) < 4.78 is 11.5. The fraction of sp³-hybridized carbons (Fsp3) is 0.350. The van der Waals surface area contributed by atoms with E-state index < -0.39 is 0 Å². The van der Waals surface area contributed by atoms with Crippen molar-refractivity contribution in [1.82, 2.24) is 4.90 Å². The molecule has 0 radical (unpaired) electrons. The number of amides is 1. The van der Waals surface area contributed by atoms with Gasteiger partial charge in [0, 0.05) is 29.9 Å². The molecule has 1 fully saturated rings. The molecule has 5 nitrogen and oxygen atoms in total. The monoisotopic (exact) mass is 338 g/mol. The minimum absolute atomic E-state index is 0.129. The van der Waals surface area contributed by atoms with Gasteiger partial charge in [0.25, 0.3) is 0 Å². The van der Waals surface area contributed by atoms with E-state index in [1.165, 1.54) is 0 Å². The summed E-state index contributed by atoms with van der Waals surface area (Å²) in [4.78, 5) is 14.5. The first-order valence-corrected chi connectivity index (χ1v) is 8.72. The molecule has 1 atom stereocenters. The average Bonchev–Trinajstić information content (AvgIpc) is 3.27. The fourth-order valence-corrected chi connectivity index (χ4v) is 3.54. The number of para-hydroxylation sites is 1. The van der Waals surface area contributed by atoms with Crippen molar-refractivity contribution in [2.45, 2.75) is 25.8 Å². The Balaban J connectivity index is 1.68. The number of anilines is 1. The molecule has 0 saturated carbocycles. The van der Waals surface area contributed by atoms with Gasteiger partial charge in [-0.25, -0.2) is 0 Å². The molecule has 2 aromatic carbocycles. The normalized spacial score (nSPS) is 15.7. The van der Waals surface area contributed by atoms with Gasteiger partial charge >= 0.3 is 0 Å². The number of hydrogen-bond donors (Lipinski definition) is 1. The third-order valence-corrected chi connectivity index (χ3v) is 4.86. The standard InChI is InChI=1S/C20H22N2O3/c1-13(20(23)22-9-5-6-10-22)21-16-12-18-15(11-19(16)24-2)14-7-3-4-8-17(14)25-18/h3-4,7-8,11-13,21H,5-6,9-10H2,1-2H3. The van der Waals surface area contributed by atoms with E-state index in [-0.39, 0.29) is 11.9 Å². The highest BCUT2D eigenvalue weighted by Crippen LogP contribution is 2.36. The number of nitrogens with one attached hydrogen (secondary N) is 1. The Labute approximate surface area is 146 Å². The van der Waals surface area contributed by atoms with Crippen molar-refractivity contribution in [3.63, 3.8) is 0 Å². The molecule has 0 bridgehead atoms.